The van der Waals surface area contributed by atoms with Crippen molar-refractivity contribution in [2.45, 2.75) is 26.2 Å². The van der Waals surface area contributed by atoms with E-state index in [1.807, 2.05) is 23.5 Å². The zero-order valence-electron chi connectivity index (χ0n) is 27.8. The maximum atomic E-state index is 8.08. The maximum Gasteiger partial charge on any atom is 0.0623 e. The highest BCUT2D eigenvalue weighted by atomic mass is 32.1. The van der Waals surface area contributed by atoms with Crippen LogP contribution in [0.1, 0.15) is 27.7 Å². The van der Waals surface area contributed by atoms with Crippen molar-refractivity contribution < 1.29 is 1.37 Å². The van der Waals surface area contributed by atoms with E-state index < -0.39 is 0 Å². The summed E-state index contributed by atoms with van der Waals surface area (Å²) >= 11 is 1.92. The van der Waals surface area contributed by atoms with Crippen LogP contribution in [-0.2, 0) is 5.41 Å². The number of rotatable bonds is 3. The third-order valence-electron chi connectivity index (χ3n) is 9.70. The predicted octanol–water partition coefficient (Wildman–Crippen LogP) is 13.8. The first-order chi connectivity index (χ1) is 23.3. The second-order valence-corrected chi connectivity index (χ2v) is 14.7. The van der Waals surface area contributed by atoms with Crippen molar-refractivity contribution in [2.75, 3.05) is 0 Å². The first-order valence-corrected chi connectivity index (χ1v) is 17.2. The zero-order chi connectivity index (χ0) is 32.6. The molecule has 0 aliphatic rings. The molecule has 8 aromatic carbocycles. The van der Waals surface area contributed by atoms with E-state index in [1.165, 1.54) is 80.7 Å². The molecule has 0 amide bonds. The summed E-state index contributed by atoms with van der Waals surface area (Å²) in [6.07, 6.45) is 0. The van der Waals surface area contributed by atoms with Crippen molar-refractivity contribution >= 4 is 63.8 Å². The first-order valence-electron chi connectivity index (χ1n) is 16.8. The fraction of sp³-hybridized carbons (Fsp3) is 0.0870. The molecular weight excluding hydrogens is 585 g/mol. The lowest BCUT2D eigenvalue weighted by molar-refractivity contribution is 0.597. The molecule has 0 spiro atoms. The van der Waals surface area contributed by atoms with E-state index in [-0.39, 0.29) is 5.41 Å². The van der Waals surface area contributed by atoms with Gasteiger partial charge in [0, 0.05) is 20.2 Å². The fourth-order valence-electron chi connectivity index (χ4n) is 7.50. The van der Waals surface area contributed by atoms with Crippen LogP contribution in [0, 0.1) is 0 Å². The van der Waals surface area contributed by atoms with Crippen LogP contribution in [0.3, 0.4) is 0 Å². The van der Waals surface area contributed by atoms with Crippen LogP contribution in [0.5, 0.6) is 0 Å². The molecule has 0 bridgehead atoms. The van der Waals surface area contributed by atoms with Gasteiger partial charge in [-0.05, 0) is 101 Å². The Morgan fingerprint density at radius 2 is 1.09 bits per heavy atom. The van der Waals surface area contributed by atoms with Gasteiger partial charge in [-0.15, -0.1) is 11.3 Å². The van der Waals surface area contributed by atoms with Crippen LogP contribution in [0.25, 0.3) is 85.9 Å². The van der Waals surface area contributed by atoms with Crippen LogP contribution >= 0.6 is 11.3 Å². The number of benzene rings is 8. The van der Waals surface area contributed by atoms with Crippen LogP contribution in [0.4, 0.5) is 0 Å². The third kappa shape index (κ3) is 4.49. The Morgan fingerprint density at radius 1 is 0.468 bits per heavy atom. The molecule has 0 atom stereocenters. The van der Waals surface area contributed by atoms with E-state index >= 15 is 0 Å². The molecule has 1 heteroatoms. The Balaban J connectivity index is 1.37. The predicted molar refractivity (Wildman–Crippen MR) is 207 cm³/mol. The summed E-state index contributed by atoms with van der Waals surface area (Å²) in [5.74, 6) is 0. The minimum absolute atomic E-state index is 0.0122. The summed E-state index contributed by atoms with van der Waals surface area (Å²) in [6.45, 7) is 7.01. The normalized spacial score (nSPS) is 12.4. The van der Waals surface area contributed by atoms with Gasteiger partial charge in [0.15, 0.2) is 0 Å². The topological polar surface area (TPSA) is 0 Å². The van der Waals surface area contributed by atoms with Gasteiger partial charge >= 0.3 is 0 Å². The molecule has 224 valence electrons. The van der Waals surface area contributed by atoms with E-state index in [1.54, 1.807) is 0 Å². The van der Waals surface area contributed by atoms with Crippen molar-refractivity contribution in [1.29, 1.82) is 0 Å². The highest BCUT2D eigenvalue weighted by Gasteiger charge is 2.24. The smallest absolute Gasteiger partial charge is 0.0623 e. The van der Waals surface area contributed by atoms with Gasteiger partial charge in [-0.25, -0.2) is 0 Å². The van der Waals surface area contributed by atoms with Crippen molar-refractivity contribution in [3.63, 3.8) is 0 Å². The average Bonchev–Trinajstić information content (AvgIpc) is 3.48. The Bertz CT molecular complexity index is 2670. The SMILES string of the molecule is [2H]c1ccc2cc(-c3ccccc3-c3c4ccccc4c(-c4cc(C(C)(C)C)c5sc6ccccc6c5c4)c4ccccc34)ccc2c1. The van der Waals surface area contributed by atoms with Crippen molar-refractivity contribution in [1.82, 2.24) is 0 Å². The molecule has 9 rings (SSSR count). The lowest BCUT2D eigenvalue weighted by Gasteiger charge is -2.23. The highest BCUT2D eigenvalue weighted by molar-refractivity contribution is 7.26. The lowest BCUT2D eigenvalue weighted by Crippen LogP contribution is -2.11. The van der Waals surface area contributed by atoms with Crippen LogP contribution < -0.4 is 0 Å². The molecule has 47 heavy (non-hydrogen) atoms. The van der Waals surface area contributed by atoms with Crippen molar-refractivity contribution in [3.8, 4) is 33.4 Å². The number of hydrogen-bond donors (Lipinski definition) is 0. The van der Waals surface area contributed by atoms with Crippen molar-refractivity contribution in [2.24, 2.45) is 0 Å². The summed E-state index contributed by atoms with van der Waals surface area (Å²) in [7, 11) is 0. The van der Waals surface area contributed by atoms with Crippen LogP contribution in [0.15, 0.2) is 152 Å². The largest absolute Gasteiger partial charge is 0.135 e. The second kappa shape index (κ2) is 10.7. The summed E-state index contributed by atoms with van der Waals surface area (Å²) in [4.78, 5) is 0. The van der Waals surface area contributed by atoms with Crippen LogP contribution in [-0.4, -0.2) is 0 Å². The third-order valence-corrected chi connectivity index (χ3v) is 10.9. The molecule has 0 radical (unpaired) electrons. The summed E-state index contributed by atoms with van der Waals surface area (Å²) in [5.41, 5.74) is 8.82. The molecule has 0 aliphatic heterocycles. The molecular formula is C46H34S. The second-order valence-electron chi connectivity index (χ2n) is 13.6. The highest BCUT2D eigenvalue weighted by Crippen LogP contribution is 2.49. The average molecular weight is 620 g/mol. The molecule has 0 nitrogen and oxygen atoms in total. The van der Waals surface area contributed by atoms with Crippen molar-refractivity contribution in [3.05, 3.63) is 157 Å². The van der Waals surface area contributed by atoms with Gasteiger partial charge in [-0.3, -0.25) is 0 Å². The Morgan fingerprint density at radius 3 is 1.79 bits per heavy atom. The minimum Gasteiger partial charge on any atom is -0.135 e. The first kappa shape index (κ1) is 26.9. The molecule has 0 saturated carbocycles. The fourth-order valence-corrected chi connectivity index (χ4v) is 8.91. The number of hydrogen-bond acceptors (Lipinski definition) is 1. The molecule has 0 fully saturated rings. The van der Waals surface area contributed by atoms with Gasteiger partial charge in [0.1, 0.15) is 0 Å². The lowest BCUT2D eigenvalue weighted by atomic mass is 9.81. The van der Waals surface area contributed by atoms with Gasteiger partial charge in [-0.2, -0.15) is 0 Å². The number of fused-ring (bicyclic) bond motifs is 6. The Labute approximate surface area is 281 Å². The van der Waals surface area contributed by atoms with Gasteiger partial charge in [-0.1, -0.05) is 148 Å². The van der Waals surface area contributed by atoms with Gasteiger partial charge in [0.05, 0.1) is 1.37 Å². The van der Waals surface area contributed by atoms with E-state index in [4.69, 9.17) is 1.37 Å². The standard InChI is InChI=1S/C46H34S/c1-46(2,3)41-28-32(27-40-34-17-12-13-23-42(34)47-45(40)41)43-36-19-8-10-21-38(36)44(39-22-11-9-20-37(39)43)35-18-7-6-16-33(35)31-25-24-29-14-4-5-15-30(29)26-31/h4-28H,1-3H3/i4D. The summed E-state index contributed by atoms with van der Waals surface area (Å²) in [6, 6.07) is 53.6. The van der Waals surface area contributed by atoms with Gasteiger partial charge in [0.2, 0.25) is 0 Å². The monoisotopic (exact) mass is 619 g/mol. The maximum absolute atomic E-state index is 8.08. The molecule has 0 unspecified atom stereocenters. The van der Waals surface area contributed by atoms with E-state index in [2.05, 4.69) is 154 Å². The quantitative estimate of drug-likeness (QED) is 0.173. The van der Waals surface area contributed by atoms with E-state index in [9.17, 15) is 0 Å². The van der Waals surface area contributed by atoms with Gasteiger partial charge in [0.25, 0.3) is 0 Å². The summed E-state index contributed by atoms with van der Waals surface area (Å²) < 4.78 is 10.8. The molecule has 1 heterocycles. The molecule has 9 aromatic rings. The van der Waals surface area contributed by atoms with E-state index in [0.717, 1.165) is 10.8 Å². The van der Waals surface area contributed by atoms with Gasteiger partial charge < -0.3 is 0 Å². The molecule has 0 aliphatic carbocycles. The molecule has 0 saturated heterocycles. The molecule has 1 aromatic heterocycles. The molecule has 0 N–H and O–H groups in total. The Hall–Kier alpha value is -5.24. The van der Waals surface area contributed by atoms with Crippen LogP contribution in [0.2, 0.25) is 0 Å². The van der Waals surface area contributed by atoms with E-state index in [0.29, 0.717) is 6.04 Å². The Kier molecular flexibility index (Phi) is 6.11. The summed E-state index contributed by atoms with van der Waals surface area (Å²) in [5, 5.41) is 9.95. The minimum atomic E-state index is -0.0122. The zero-order valence-corrected chi connectivity index (χ0v) is 27.6. The number of thiophene rings is 1.